The Morgan fingerprint density at radius 3 is 2.17 bits per heavy atom. The van der Waals surface area contributed by atoms with E-state index in [4.69, 9.17) is 14.2 Å². The minimum atomic E-state index is -0.341. The molecular formula is C23H19NO5. The standard InChI is InChI=1S/C23H19NO5/c1-27-17-9-7-16(8-10-17)23(26)24-19-14-21-20(28-11-12-29-21)13-18(19)22(25)15-5-3-2-4-6-15/h2-10,13-14H,11-12H2,1H3,(H,24,26). The Morgan fingerprint density at radius 2 is 1.52 bits per heavy atom. The number of amides is 1. The Bertz CT molecular complexity index is 1040. The fraction of sp³-hybridized carbons (Fsp3) is 0.130. The molecular weight excluding hydrogens is 370 g/mol. The fourth-order valence-corrected chi connectivity index (χ4v) is 3.06. The Balaban J connectivity index is 1.70. The predicted octanol–water partition coefficient (Wildman–Crippen LogP) is 3.95. The average molecular weight is 389 g/mol. The molecule has 0 aliphatic carbocycles. The van der Waals surface area contributed by atoms with Crippen LogP contribution >= 0.6 is 0 Å². The molecule has 1 aliphatic heterocycles. The first kappa shape index (κ1) is 18.6. The lowest BCUT2D eigenvalue weighted by Crippen LogP contribution is -2.19. The summed E-state index contributed by atoms with van der Waals surface area (Å²) in [5.41, 5.74) is 1.66. The van der Waals surface area contributed by atoms with Crippen LogP contribution in [0.1, 0.15) is 26.3 Å². The summed E-state index contributed by atoms with van der Waals surface area (Å²) in [7, 11) is 1.56. The number of benzene rings is 3. The Labute approximate surface area is 168 Å². The Kier molecular flexibility index (Phi) is 5.16. The molecule has 146 valence electrons. The van der Waals surface area contributed by atoms with E-state index in [0.717, 1.165) is 0 Å². The van der Waals surface area contributed by atoms with Gasteiger partial charge in [-0.05, 0) is 30.3 Å². The molecule has 1 aliphatic rings. The number of hydrogen-bond donors (Lipinski definition) is 1. The molecule has 1 amide bonds. The summed E-state index contributed by atoms with van der Waals surface area (Å²) in [6, 6.07) is 18.9. The van der Waals surface area contributed by atoms with Gasteiger partial charge in [0.15, 0.2) is 17.3 Å². The van der Waals surface area contributed by atoms with Crippen molar-refractivity contribution in [1.82, 2.24) is 0 Å². The molecule has 4 rings (SSSR count). The number of anilines is 1. The van der Waals surface area contributed by atoms with Gasteiger partial charge in [-0.3, -0.25) is 9.59 Å². The molecule has 3 aromatic carbocycles. The molecule has 0 saturated heterocycles. The molecule has 0 aromatic heterocycles. The molecule has 3 aromatic rings. The lowest BCUT2D eigenvalue weighted by atomic mass is 10.0. The number of carbonyl (C=O) groups excluding carboxylic acids is 2. The molecule has 0 bridgehead atoms. The quantitative estimate of drug-likeness (QED) is 0.669. The number of rotatable bonds is 5. The highest BCUT2D eigenvalue weighted by molar-refractivity contribution is 6.15. The first-order valence-electron chi connectivity index (χ1n) is 9.14. The van der Waals surface area contributed by atoms with Crippen LogP contribution < -0.4 is 19.5 Å². The van der Waals surface area contributed by atoms with E-state index in [1.807, 2.05) is 6.07 Å². The zero-order valence-electron chi connectivity index (χ0n) is 15.8. The maximum absolute atomic E-state index is 13.1. The lowest BCUT2D eigenvalue weighted by Gasteiger charge is -2.21. The molecule has 6 heteroatoms. The minimum absolute atomic E-state index is 0.215. The number of carbonyl (C=O) groups is 2. The molecule has 0 radical (unpaired) electrons. The molecule has 29 heavy (non-hydrogen) atoms. The largest absolute Gasteiger partial charge is 0.497 e. The predicted molar refractivity (Wildman–Crippen MR) is 108 cm³/mol. The van der Waals surface area contributed by atoms with Gasteiger partial charge < -0.3 is 19.5 Å². The molecule has 0 atom stereocenters. The van der Waals surface area contributed by atoms with E-state index in [1.54, 1.807) is 67.8 Å². The summed E-state index contributed by atoms with van der Waals surface area (Å²) in [5.74, 6) is 1.07. The van der Waals surface area contributed by atoms with Gasteiger partial charge in [-0.15, -0.1) is 0 Å². The summed E-state index contributed by atoms with van der Waals surface area (Å²) in [4.78, 5) is 25.8. The SMILES string of the molecule is COc1ccc(C(=O)Nc2cc3c(cc2C(=O)c2ccccc2)OCCO3)cc1. The summed E-state index contributed by atoms with van der Waals surface area (Å²) < 4.78 is 16.4. The van der Waals surface area contributed by atoms with Gasteiger partial charge in [0.2, 0.25) is 0 Å². The van der Waals surface area contributed by atoms with Crippen LogP contribution in [0, 0.1) is 0 Å². The molecule has 1 N–H and O–H groups in total. The third kappa shape index (κ3) is 3.91. The van der Waals surface area contributed by atoms with Gasteiger partial charge in [0.25, 0.3) is 5.91 Å². The first-order valence-corrected chi connectivity index (χ1v) is 9.14. The van der Waals surface area contributed by atoms with E-state index in [1.165, 1.54) is 0 Å². The van der Waals surface area contributed by atoms with E-state index >= 15 is 0 Å². The van der Waals surface area contributed by atoms with Crippen LogP contribution in [0.4, 0.5) is 5.69 Å². The van der Waals surface area contributed by atoms with E-state index in [0.29, 0.717) is 52.8 Å². The van der Waals surface area contributed by atoms with Gasteiger partial charge >= 0.3 is 0 Å². The van der Waals surface area contributed by atoms with Crippen LogP contribution in [0.25, 0.3) is 0 Å². The molecule has 6 nitrogen and oxygen atoms in total. The monoisotopic (exact) mass is 389 g/mol. The summed E-state index contributed by atoms with van der Waals surface area (Å²) in [6.07, 6.45) is 0. The van der Waals surface area contributed by atoms with Gasteiger partial charge in [0, 0.05) is 17.2 Å². The van der Waals surface area contributed by atoms with Crippen molar-refractivity contribution in [1.29, 1.82) is 0 Å². The minimum Gasteiger partial charge on any atom is -0.497 e. The highest BCUT2D eigenvalue weighted by Gasteiger charge is 2.22. The van der Waals surface area contributed by atoms with Gasteiger partial charge in [0.05, 0.1) is 18.4 Å². The van der Waals surface area contributed by atoms with Crippen molar-refractivity contribution in [2.45, 2.75) is 0 Å². The van der Waals surface area contributed by atoms with Gasteiger partial charge in [-0.2, -0.15) is 0 Å². The zero-order chi connectivity index (χ0) is 20.2. The second kappa shape index (κ2) is 8.06. The number of ketones is 1. The van der Waals surface area contributed by atoms with Crippen LogP contribution in [0.3, 0.4) is 0 Å². The van der Waals surface area contributed by atoms with Crippen molar-refractivity contribution >= 4 is 17.4 Å². The first-order chi connectivity index (χ1) is 14.2. The molecule has 0 saturated carbocycles. The topological polar surface area (TPSA) is 73.9 Å². The lowest BCUT2D eigenvalue weighted by molar-refractivity contribution is 0.102. The number of ether oxygens (including phenoxy) is 3. The van der Waals surface area contributed by atoms with Crippen molar-refractivity contribution in [3.63, 3.8) is 0 Å². The molecule has 0 spiro atoms. The molecule has 1 heterocycles. The van der Waals surface area contributed by atoms with E-state index in [9.17, 15) is 9.59 Å². The van der Waals surface area contributed by atoms with Crippen molar-refractivity contribution in [3.8, 4) is 17.2 Å². The Hall–Kier alpha value is -3.80. The molecule has 0 unspecified atom stereocenters. The summed E-state index contributed by atoms with van der Waals surface area (Å²) >= 11 is 0. The smallest absolute Gasteiger partial charge is 0.255 e. The van der Waals surface area contributed by atoms with Crippen molar-refractivity contribution < 1.29 is 23.8 Å². The zero-order valence-corrected chi connectivity index (χ0v) is 15.8. The van der Waals surface area contributed by atoms with Crippen molar-refractivity contribution in [3.05, 3.63) is 83.4 Å². The normalized spacial score (nSPS) is 12.2. The van der Waals surface area contributed by atoms with E-state index in [-0.39, 0.29) is 11.7 Å². The Morgan fingerprint density at radius 1 is 0.862 bits per heavy atom. The van der Waals surface area contributed by atoms with Gasteiger partial charge in [-0.25, -0.2) is 0 Å². The highest BCUT2D eigenvalue weighted by Crippen LogP contribution is 2.36. The maximum atomic E-state index is 13.1. The third-order valence-electron chi connectivity index (χ3n) is 4.56. The fourth-order valence-electron chi connectivity index (χ4n) is 3.06. The maximum Gasteiger partial charge on any atom is 0.255 e. The third-order valence-corrected chi connectivity index (χ3v) is 4.56. The van der Waals surface area contributed by atoms with Crippen LogP contribution in [0.5, 0.6) is 17.2 Å². The second-order valence-corrected chi connectivity index (χ2v) is 6.42. The number of hydrogen-bond acceptors (Lipinski definition) is 5. The highest BCUT2D eigenvalue weighted by atomic mass is 16.6. The van der Waals surface area contributed by atoms with Gasteiger partial charge in [0.1, 0.15) is 19.0 Å². The number of nitrogens with one attached hydrogen (secondary N) is 1. The molecule has 0 fully saturated rings. The van der Waals surface area contributed by atoms with Crippen LogP contribution in [-0.4, -0.2) is 32.0 Å². The van der Waals surface area contributed by atoms with E-state index < -0.39 is 0 Å². The van der Waals surface area contributed by atoms with Crippen LogP contribution in [0.15, 0.2) is 66.7 Å². The van der Waals surface area contributed by atoms with E-state index in [2.05, 4.69) is 5.32 Å². The van der Waals surface area contributed by atoms with Crippen molar-refractivity contribution in [2.24, 2.45) is 0 Å². The van der Waals surface area contributed by atoms with Crippen molar-refractivity contribution in [2.75, 3.05) is 25.6 Å². The number of methoxy groups -OCH3 is 1. The van der Waals surface area contributed by atoms with Crippen LogP contribution in [0.2, 0.25) is 0 Å². The van der Waals surface area contributed by atoms with Crippen LogP contribution in [-0.2, 0) is 0 Å². The average Bonchev–Trinajstić information content (AvgIpc) is 2.78. The summed E-state index contributed by atoms with van der Waals surface area (Å²) in [5, 5.41) is 2.83. The summed E-state index contributed by atoms with van der Waals surface area (Å²) in [6.45, 7) is 0.814. The number of fused-ring (bicyclic) bond motifs is 1. The van der Waals surface area contributed by atoms with Gasteiger partial charge in [-0.1, -0.05) is 30.3 Å². The second-order valence-electron chi connectivity index (χ2n) is 6.42.